The molecule has 3 aliphatic rings. The van der Waals surface area contributed by atoms with Crippen LogP contribution in [0.3, 0.4) is 0 Å². The van der Waals surface area contributed by atoms with Crippen molar-refractivity contribution in [3.63, 3.8) is 0 Å². The molecule has 4 rings (SSSR count). The molecule has 0 aromatic carbocycles. The molecule has 5 nitrogen and oxygen atoms in total. The van der Waals surface area contributed by atoms with Gasteiger partial charge in [0.05, 0.1) is 11.7 Å². The Labute approximate surface area is 147 Å². The standard InChI is InChI=1S/C16H20F5N5/c17-15(18)2-3-22-13(15)12-5-10(7-23-12)26-4-1-11-9(8-26)6-24-14(25-11)16(19,20)21/h6,10,12-13,22-23H,1-5,7-8H2/t10-,12-,13?/m0/s1. The Morgan fingerprint density at radius 3 is 2.73 bits per heavy atom. The molecular formula is C16H20F5N5. The molecule has 1 unspecified atom stereocenters. The quantitative estimate of drug-likeness (QED) is 0.767. The Balaban J connectivity index is 1.42. The van der Waals surface area contributed by atoms with E-state index in [0.717, 1.165) is 0 Å². The number of nitrogens with zero attached hydrogens (tertiary/aromatic N) is 3. The van der Waals surface area contributed by atoms with E-state index in [1.807, 2.05) is 0 Å². The smallest absolute Gasteiger partial charge is 0.311 e. The zero-order valence-electron chi connectivity index (χ0n) is 14.0. The molecule has 0 bridgehead atoms. The van der Waals surface area contributed by atoms with Crippen LogP contribution in [0.15, 0.2) is 6.20 Å². The molecule has 10 heteroatoms. The minimum absolute atomic E-state index is 0.0774. The minimum Gasteiger partial charge on any atom is -0.311 e. The van der Waals surface area contributed by atoms with Crippen LogP contribution < -0.4 is 10.6 Å². The van der Waals surface area contributed by atoms with E-state index in [9.17, 15) is 22.0 Å². The van der Waals surface area contributed by atoms with E-state index in [-0.39, 0.29) is 18.5 Å². The van der Waals surface area contributed by atoms with Crippen molar-refractivity contribution < 1.29 is 22.0 Å². The maximum Gasteiger partial charge on any atom is 0.451 e. The van der Waals surface area contributed by atoms with Crippen LogP contribution in [-0.4, -0.2) is 58.6 Å². The van der Waals surface area contributed by atoms with Crippen molar-refractivity contribution in [3.8, 4) is 0 Å². The molecule has 2 N–H and O–H groups in total. The number of rotatable bonds is 2. The van der Waals surface area contributed by atoms with E-state index in [4.69, 9.17) is 0 Å². The summed E-state index contributed by atoms with van der Waals surface area (Å²) in [6.07, 6.45) is -2.46. The van der Waals surface area contributed by atoms with Gasteiger partial charge in [-0.2, -0.15) is 13.2 Å². The Hall–Kier alpha value is -1.39. The highest BCUT2D eigenvalue weighted by Crippen LogP contribution is 2.34. The van der Waals surface area contributed by atoms with Crippen LogP contribution in [0.5, 0.6) is 0 Å². The van der Waals surface area contributed by atoms with Crippen LogP contribution in [0.25, 0.3) is 0 Å². The SMILES string of the molecule is FC(F)(F)c1ncc2c(n1)CCN([C@@H]1CN[C@H](C3NCCC3(F)F)C1)C2. The normalized spacial score (nSPS) is 32.0. The summed E-state index contributed by atoms with van der Waals surface area (Å²) in [6, 6.07) is -1.08. The van der Waals surface area contributed by atoms with E-state index in [1.165, 1.54) is 6.20 Å². The molecular weight excluding hydrogens is 357 g/mol. The van der Waals surface area contributed by atoms with Gasteiger partial charge in [-0.3, -0.25) is 4.90 Å². The molecule has 0 saturated carbocycles. The fourth-order valence-corrected chi connectivity index (χ4v) is 4.20. The second-order valence-electron chi connectivity index (χ2n) is 7.23. The van der Waals surface area contributed by atoms with Gasteiger partial charge in [0.1, 0.15) is 0 Å². The minimum atomic E-state index is -4.55. The third-order valence-electron chi connectivity index (χ3n) is 5.56. The van der Waals surface area contributed by atoms with E-state index in [2.05, 4.69) is 25.5 Å². The van der Waals surface area contributed by atoms with Crippen molar-refractivity contribution in [1.29, 1.82) is 0 Å². The van der Waals surface area contributed by atoms with Crippen molar-refractivity contribution >= 4 is 0 Å². The van der Waals surface area contributed by atoms with E-state index in [0.29, 0.717) is 50.3 Å². The summed E-state index contributed by atoms with van der Waals surface area (Å²) < 4.78 is 66.0. The van der Waals surface area contributed by atoms with Crippen molar-refractivity contribution in [2.24, 2.45) is 0 Å². The maximum absolute atomic E-state index is 13.9. The number of fused-ring (bicyclic) bond motifs is 1. The van der Waals surface area contributed by atoms with Crippen LogP contribution in [0.1, 0.15) is 29.9 Å². The second-order valence-corrected chi connectivity index (χ2v) is 7.23. The molecule has 26 heavy (non-hydrogen) atoms. The number of alkyl halides is 5. The number of nitrogens with one attached hydrogen (secondary N) is 2. The van der Waals surface area contributed by atoms with Gasteiger partial charge in [0, 0.05) is 62.9 Å². The zero-order chi connectivity index (χ0) is 18.5. The molecule has 144 valence electrons. The van der Waals surface area contributed by atoms with Crippen molar-refractivity contribution in [1.82, 2.24) is 25.5 Å². The molecule has 0 amide bonds. The highest BCUT2D eigenvalue weighted by atomic mass is 19.4. The largest absolute Gasteiger partial charge is 0.451 e. The van der Waals surface area contributed by atoms with Crippen molar-refractivity contribution in [2.45, 2.75) is 56.0 Å². The first-order chi connectivity index (χ1) is 12.2. The van der Waals surface area contributed by atoms with Crippen LogP contribution >= 0.6 is 0 Å². The molecule has 1 aromatic heterocycles. The maximum atomic E-state index is 13.9. The molecule has 1 aromatic rings. The van der Waals surface area contributed by atoms with Gasteiger partial charge >= 0.3 is 6.18 Å². The van der Waals surface area contributed by atoms with E-state index in [1.54, 1.807) is 0 Å². The van der Waals surface area contributed by atoms with Crippen LogP contribution in [0.2, 0.25) is 0 Å². The van der Waals surface area contributed by atoms with Gasteiger partial charge < -0.3 is 10.6 Å². The lowest BCUT2D eigenvalue weighted by Gasteiger charge is -2.33. The zero-order valence-corrected chi connectivity index (χ0v) is 14.0. The van der Waals surface area contributed by atoms with Crippen LogP contribution in [0.4, 0.5) is 22.0 Å². The summed E-state index contributed by atoms with van der Waals surface area (Å²) in [4.78, 5) is 9.21. The topological polar surface area (TPSA) is 53.1 Å². The molecule has 0 spiro atoms. The molecule has 3 atom stereocenters. The predicted octanol–water partition coefficient (Wildman–Crippen LogP) is 1.58. The molecule has 2 fully saturated rings. The number of aromatic nitrogens is 2. The summed E-state index contributed by atoms with van der Waals surface area (Å²) in [6.45, 7) is 1.92. The van der Waals surface area contributed by atoms with Gasteiger partial charge in [-0.1, -0.05) is 0 Å². The predicted molar refractivity (Wildman–Crippen MR) is 82.7 cm³/mol. The lowest BCUT2D eigenvalue weighted by molar-refractivity contribution is -0.145. The summed E-state index contributed by atoms with van der Waals surface area (Å²) >= 11 is 0. The van der Waals surface area contributed by atoms with Crippen molar-refractivity contribution in [2.75, 3.05) is 19.6 Å². The molecule has 4 heterocycles. The fraction of sp³-hybridized carbons (Fsp3) is 0.750. The number of halogens is 5. The van der Waals surface area contributed by atoms with Gasteiger partial charge in [0.15, 0.2) is 0 Å². The number of hydrogen-bond acceptors (Lipinski definition) is 5. The molecule has 0 radical (unpaired) electrons. The van der Waals surface area contributed by atoms with Gasteiger partial charge in [-0.25, -0.2) is 18.7 Å². The van der Waals surface area contributed by atoms with Crippen molar-refractivity contribution in [3.05, 3.63) is 23.3 Å². The number of hydrogen-bond donors (Lipinski definition) is 2. The Morgan fingerprint density at radius 2 is 2.04 bits per heavy atom. The third-order valence-corrected chi connectivity index (χ3v) is 5.56. The summed E-state index contributed by atoms with van der Waals surface area (Å²) in [7, 11) is 0. The lowest BCUT2D eigenvalue weighted by atomic mass is 9.98. The van der Waals surface area contributed by atoms with Gasteiger partial charge in [0.2, 0.25) is 5.82 Å². The average Bonchev–Trinajstić information content (AvgIpc) is 3.18. The summed E-state index contributed by atoms with van der Waals surface area (Å²) in [5.74, 6) is -3.81. The Kier molecular flexibility index (Phi) is 4.39. The average molecular weight is 377 g/mol. The molecule has 2 saturated heterocycles. The van der Waals surface area contributed by atoms with E-state index >= 15 is 0 Å². The van der Waals surface area contributed by atoms with Gasteiger partial charge in [-0.15, -0.1) is 0 Å². The highest BCUT2D eigenvalue weighted by molar-refractivity contribution is 5.22. The first-order valence-electron chi connectivity index (χ1n) is 8.75. The monoisotopic (exact) mass is 377 g/mol. The molecule has 0 aliphatic carbocycles. The Bertz CT molecular complexity index is 679. The first kappa shape index (κ1) is 18.0. The van der Waals surface area contributed by atoms with Crippen LogP contribution in [-0.2, 0) is 19.1 Å². The Morgan fingerprint density at radius 1 is 1.23 bits per heavy atom. The summed E-state index contributed by atoms with van der Waals surface area (Å²) in [5, 5.41) is 6.08. The van der Waals surface area contributed by atoms with Gasteiger partial charge in [0.25, 0.3) is 5.92 Å². The fourth-order valence-electron chi connectivity index (χ4n) is 4.20. The van der Waals surface area contributed by atoms with E-state index < -0.39 is 24.0 Å². The lowest BCUT2D eigenvalue weighted by Crippen LogP contribution is -2.49. The molecule has 3 aliphatic heterocycles. The van der Waals surface area contributed by atoms with Gasteiger partial charge in [-0.05, 0) is 6.42 Å². The summed E-state index contributed by atoms with van der Waals surface area (Å²) in [5.41, 5.74) is 1.10. The third kappa shape index (κ3) is 3.29. The second kappa shape index (κ2) is 6.35. The highest BCUT2D eigenvalue weighted by Gasteiger charge is 2.50. The van der Waals surface area contributed by atoms with Crippen LogP contribution in [0, 0.1) is 0 Å². The first-order valence-corrected chi connectivity index (χ1v) is 8.75.